The summed E-state index contributed by atoms with van der Waals surface area (Å²) in [4.78, 5) is 4.26. The highest BCUT2D eigenvalue weighted by Gasteiger charge is 2.30. The Kier molecular flexibility index (Phi) is 1.81. The van der Waals surface area contributed by atoms with E-state index in [1.54, 1.807) is 0 Å². The molecule has 1 aromatic carbocycles. The Morgan fingerprint density at radius 3 is 2.67 bits per heavy atom. The van der Waals surface area contributed by atoms with Crippen molar-refractivity contribution in [1.29, 1.82) is 0 Å². The van der Waals surface area contributed by atoms with Gasteiger partial charge in [-0.25, -0.2) is 0 Å². The van der Waals surface area contributed by atoms with Crippen molar-refractivity contribution in [1.82, 2.24) is 9.63 Å². The molecule has 4 nitrogen and oxygen atoms in total. The van der Waals surface area contributed by atoms with Crippen LogP contribution < -0.4 is 4.65 Å². The molecule has 0 amide bonds. The summed E-state index contributed by atoms with van der Waals surface area (Å²) in [5, 5.41) is 12.3. The fraction of sp³-hybridized carbons (Fsp3) is 0.364. The van der Waals surface area contributed by atoms with Gasteiger partial charge in [-0.1, -0.05) is 12.1 Å². The van der Waals surface area contributed by atoms with E-state index >= 15 is 0 Å². The van der Waals surface area contributed by atoms with E-state index in [9.17, 15) is 5.21 Å². The van der Waals surface area contributed by atoms with Gasteiger partial charge in [0.25, 0.3) is 0 Å². The van der Waals surface area contributed by atoms with Gasteiger partial charge in [-0.05, 0) is 12.1 Å². The summed E-state index contributed by atoms with van der Waals surface area (Å²) in [6.45, 7) is 1.18. The maximum absolute atomic E-state index is 12.3. The maximum Gasteiger partial charge on any atom is 0.405 e. The zero-order valence-electron chi connectivity index (χ0n) is 8.35. The minimum atomic E-state index is -0.394. The largest absolute Gasteiger partial charge is 0.624 e. The number of aromatic nitrogens is 1. The van der Waals surface area contributed by atoms with E-state index in [1.165, 1.54) is 0 Å². The first-order valence-corrected chi connectivity index (χ1v) is 5.22. The predicted molar refractivity (Wildman–Crippen MR) is 58.1 cm³/mol. The standard InChI is InChI=1S/C11H12N2O2/c14-13(7-3-4-8-13)11-12-9-5-1-2-6-10(9)15-11/h1-2,5-6H,3-4,7-8H2. The molecule has 0 unspecified atom stereocenters. The highest BCUT2D eigenvalue weighted by molar-refractivity contribution is 5.74. The van der Waals surface area contributed by atoms with Gasteiger partial charge in [0.1, 0.15) is 5.52 Å². The maximum atomic E-state index is 12.3. The molecule has 1 saturated heterocycles. The number of quaternary nitrogens is 1. The number of hydrogen-bond donors (Lipinski definition) is 0. The quantitative estimate of drug-likeness (QED) is 0.529. The Hall–Kier alpha value is -1.39. The van der Waals surface area contributed by atoms with Gasteiger partial charge in [-0.3, -0.25) is 4.65 Å². The third-order valence-electron chi connectivity index (χ3n) is 2.92. The molecule has 15 heavy (non-hydrogen) atoms. The Morgan fingerprint density at radius 2 is 1.93 bits per heavy atom. The van der Waals surface area contributed by atoms with Gasteiger partial charge in [0, 0.05) is 12.8 Å². The first kappa shape index (κ1) is 8.88. The molecule has 0 atom stereocenters. The molecule has 3 rings (SSSR count). The van der Waals surface area contributed by atoms with Gasteiger partial charge in [0.2, 0.25) is 0 Å². The number of hydroxylamine groups is 2. The van der Waals surface area contributed by atoms with Crippen LogP contribution in [0.2, 0.25) is 0 Å². The molecule has 1 aliphatic rings. The summed E-state index contributed by atoms with van der Waals surface area (Å²) in [6.07, 6.45) is 1.92. The van der Waals surface area contributed by atoms with E-state index in [0.717, 1.165) is 18.4 Å². The molecule has 0 aliphatic carbocycles. The minimum Gasteiger partial charge on any atom is -0.624 e. The third-order valence-corrected chi connectivity index (χ3v) is 2.92. The second-order valence-electron chi connectivity index (χ2n) is 4.01. The monoisotopic (exact) mass is 204 g/mol. The molecular weight excluding hydrogens is 192 g/mol. The van der Waals surface area contributed by atoms with E-state index in [2.05, 4.69) is 4.98 Å². The summed E-state index contributed by atoms with van der Waals surface area (Å²) in [7, 11) is 0. The van der Waals surface area contributed by atoms with Crippen LogP contribution in [0.25, 0.3) is 11.1 Å². The summed E-state index contributed by atoms with van der Waals surface area (Å²) >= 11 is 0. The fourth-order valence-corrected chi connectivity index (χ4v) is 2.07. The van der Waals surface area contributed by atoms with Crippen LogP contribution in [-0.2, 0) is 0 Å². The minimum absolute atomic E-state index is 0.314. The Morgan fingerprint density at radius 1 is 1.20 bits per heavy atom. The van der Waals surface area contributed by atoms with Crippen LogP contribution in [0.3, 0.4) is 0 Å². The molecule has 1 aromatic heterocycles. The zero-order chi connectivity index (χ0) is 10.3. The molecule has 0 bridgehead atoms. The van der Waals surface area contributed by atoms with Gasteiger partial charge >= 0.3 is 6.01 Å². The number of para-hydroxylation sites is 2. The fourth-order valence-electron chi connectivity index (χ4n) is 2.07. The van der Waals surface area contributed by atoms with Crippen molar-refractivity contribution in [2.75, 3.05) is 13.1 Å². The van der Waals surface area contributed by atoms with Gasteiger partial charge in [0.05, 0.1) is 13.1 Å². The van der Waals surface area contributed by atoms with Gasteiger partial charge < -0.3 is 9.62 Å². The van der Waals surface area contributed by atoms with E-state index < -0.39 is 4.65 Å². The lowest BCUT2D eigenvalue weighted by atomic mass is 10.3. The van der Waals surface area contributed by atoms with Gasteiger partial charge in [-0.15, -0.1) is 0 Å². The van der Waals surface area contributed by atoms with Crippen LogP contribution in [0.15, 0.2) is 28.7 Å². The van der Waals surface area contributed by atoms with Gasteiger partial charge in [0.15, 0.2) is 5.58 Å². The molecular formula is C11H12N2O2. The molecule has 0 spiro atoms. The number of nitrogens with zero attached hydrogens (tertiary/aromatic N) is 2. The van der Waals surface area contributed by atoms with Crippen molar-refractivity contribution >= 4 is 17.1 Å². The summed E-state index contributed by atoms with van der Waals surface area (Å²) in [5.74, 6) is 0. The number of hydrogen-bond acceptors (Lipinski definition) is 3. The van der Waals surface area contributed by atoms with E-state index in [0.29, 0.717) is 24.7 Å². The van der Waals surface area contributed by atoms with Crippen molar-refractivity contribution in [3.05, 3.63) is 29.5 Å². The van der Waals surface area contributed by atoms with Crippen LogP contribution in [0.1, 0.15) is 12.8 Å². The highest BCUT2D eigenvalue weighted by Crippen LogP contribution is 2.30. The van der Waals surface area contributed by atoms with Crippen molar-refractivity contribution < 1.29 is 4.42 Å². The van der Waals surface area contributed by atoms with Crippen molar-refractivity contribution in [3.8, 4) is 0 Å². The molecule has 0 N–H and O–H groups in total. The lowest BCUT2D eigenvalue weighted by Crippen LogP contribution is -2.39. The van der Waals surface area contributed by atoms with E-state index in [-0.39, 0.29) is 0 Å². The molecule has 0 saturated carbocycles. The molecule has 1 fully saturated rings. The SMILES string of the molecule is [O-][N+]1(c2nc3ccccc3o2)CCCC1. The van der Waals surface area contributed by atoms with Crippen molar-refractivity contribution in [2.45, 2.75) is 12.8 Å². The summed E-state index contributed by atoms with van der Waals surface area (Å²) in [6, 6.07) is 7.80. The Bertz CT molecular complexity index is 453. The van der Waals surface area contributed by atoms with Crippen LogP contribution >= 0.6 is 0 Å². The van der Waals surface area contributed by atoms with Crippen LogP contribution in [0.4, 0.5) is 6.01 Å². The second-order valence-corrected chi connectivity index (χ2v) is 4.01. The van der Waals surface area contributed by atoms with E-state index in [4.69, 9.17) is 4.42 Å². The average molecular weight is 204 g/mol. The van der Waals surface area contributed by atoms with Crippen LogP contribution in [0, 0.1) is 5.21 Å². The molecule has 78 valence electrons. The number of fused-ring (bicyclic) bond motifs is 1. The number of benzene rings is 1. The normalized spacial score (nSPS) is 19.8. The first-order chi connectivity index (χ1) is 7.28. The lowest BCUT2D eigenvalue weighted by molar-refractivity contribution is 0.363. The zero-order valence-corrected chi connectivity index (χ0v) is 8.35. The molecule has 1 aliphatic heterocycles. The molecule has 2 heterocycles. The van der Waals surface area contributed by atoms with Crippen LogP contribution in [0.5, 0.6) is 0 Å². The van der Waals surface area contributed by atoms with Crippen LogP contribution in [-0.4, -0.2) is 18.1 Å². The predicted octanol–water partition coefficient (Wildman–Crippen LogP) is 2.43. The summed E-state index contributed by atoms with van der Waals surface area (Å²) < 4.78 is 5.11. The van der Waals surface area contributed by atoms with Gasteiger partial charge in [-0.2, -0.15) is 4.98 Å². The topological polar surface area (TPSA) is 49.1 Å². The molecule has 4 heteroatoms. The van der Waals surface area contributed by atoms with Crippen molar-refractivity contribution in [2.24, 2.45) is 0 Å². The Labute approximate surface area is 87.3 Å². The second kappa shape index (κ2) is 3.05. The highest BCUT2D eigenvalue weighted by atomic mass is 16.6. The average Bonchev–Trinajstić information content (AvgIpc) is 2.84. The van der Waals surface area contributed by atoms with Crippen molar-refractivity contribution in [3.63, 3.8) is 0 Å². The lowest BCUT2D eigenvalue weighted by Gasteiger charge is -2.32. The summed E-state index contributed by atoms with van der Waals surface area (Å²) in [5.41, 5.74) is 1.47. The third kappa shape index (κ3) is 1.33. The molecule has 0 radical (unpaired) electrons. The number of rotatable bonds is 1. The first-order valence-electron chi connectivity index (χ1n) is 5.22. The number of oxazole rings is 1. The smallest absolute Gasteiger partial charge is 0.405 e. The molecule has 2 aromatic rings. The van der Waals surface area contributed by atoms with E-state index in [1.807, 2.05) is 24.3 Å². The Balaban J connectivity index is 2.11.